The summed E-state index contributed by atoms with van der Waals surface area (Å²) in [7, 11) is 0. The van der Waals surface area contributed by atoms with Crippen LogP contribution < -0.4 is 0 Å². The molecule has 1 heteroatoms. The molecule has 0 amide bonds. The van der Waals surface area contributed by atoms with Crippen molar-refractivity contribution < 1.29 is 5.11 Å². The average Bonchev–Trinajstić information content (AvgIpc) is 1.66. The molecule has 0 saturated heterocycles. The molecule has 46 valence electrons. The highest BCUT2D eigenvalue weighted by Crippen LogP contribution is 1.86. The third kappa shape index (κ3) is 5.44. The van der Waals surface area contributed by atoms with Gasteiger partial charge in [-0.05, 0) is 13.3 Å². The maximum absolute atomic E-state index is 8.66. The van der Waals surface area contributed by atoms with Crippen LogP contribution in [0.3, 0.4) is 0 Å². The fourth-order valence-electron chi connectivity index (χ4n) is 0.372. The van der Waals surface area contributed by atoms with Crippen LogP contribution in [0.5, 0.6) is 0 Å². The molecule has 0 aliphatic heterocycles. The second-order valence-corrected chi connectivity index (χ2v) is 1.69. The highest BCUT2D eigenvalue weighted by molar-refractivity contribution is 4.91. The molecule has 0 bridgehead atoms. The van der Waals surface area contributed by atoms with Gasteiger partial charge in [-0.2, -0.15) is 0 Å². The second kappa shape index (κ2) is 4.60. The summed E-state index contributed by atoms with van der Waals surface area (Å²) in [4.78, 5) is 0. The minimum absolute atomic E-state index is 0.324. The van der Waals surface area contributed by atoms with E-state index < -0.39 is 0 Å². The number of hydrogen-bond donors (Lipinski definition) is 1. The van der Waals surface area contributed by atoms with Crippen molar-refractivity contribution in [2.24, 2.45) is 0 Å². The Balaban J connectivity index is 3.19. The van der Waals surface area contributed by atoms with Crippen molar-refractivity contribution in [2.45, 2.75) is 19.4 Å². The SMILES string of the molecule is C=CC/C=C/[C@@H](C)O. The van der Waals surface area contributed by atoms with Crippen molar-refractivity contribution in [3.8, 4) is 0 Å². The third-order valence-electron chi connectivity index (χ3n) is 0.717. The van der Waals surface area contributed by atoms with Crippen LogP contribution in [0, 0.1) is 0 Å². The molecule has 1 N–H and O–H groups in total. The average molecular weight is 112 g/mol. The largest absolute Gasteiger partial charge is 0.389 e. The van der Waals surface area contributed by atoms with Gasteiger partial charge in [0.05, 0.1) is 6.10 Å². The molecule has 0 aliphatic carbocycles. The van der Waals surface area contributed by atoms with Gasteiger partial charge in [-0.3, -0.25) is 0 Å². The Bertz CT molecular complexity index is 82.4. The number of aliphatic hydroxyl groups excluding tert-OH is 1. The molecule has 0 saturated carbocycles. The molecule has 0 spiro atoms. The van der Waals surface area contributed by atoms with E-state index in [-0.39, 0.29) is 6.10 Å². The number of rotatable bonds is 3. The van der Waals surface area contributed by atoms with Crippen LogP contribution in [0.2, 0.25) is 0 Å². The van der Waals surface area contributed by atoms with Crippen molar-refractivity contribution in [1.29, 1.82) is 0 Å². The van der Waals surface area contributed by atoms with E-state index in [4.69, 9.17) is 5.11 Å². The Kier molecular flexibility index (Phi) is 4.27. The van der Waals surface area contributed by atoms with Gasteiger partial charge in [-0.1, -0.05) is 18.2 Å². The second-order valence-electron chi connectivity index (χ2n) is 1.69. The zero-order chi connectivity index (χ0) is 6.41. The molecule has 0 heterocycles. The molecule has 0 aromatic heterocycles. The first-order chi connectivity index (χ1) is 3.77. The summed E-state index contributed by atoms with van der Waals surface area (Å²) in [6.07, 6.45) is 5.93. The first-order valence-electron chi connectivity index (χ1n) is 2.73. The lowest BCUT2D eigenvalue weighted by atomic mass is 10.3. The molecule has 8 heavy (non-hydrogen) atoms. The smallest absolute Gasteiger partial charge is 0.0692 e. The lowest BCUT2D eigenvalue weighted by molar-refractivity contribution is 0.244. The van der Waals surface area contributed by atoms with E-state index in [9.17, 15) is 0 Å². The van der Waals surface area contributed by atoms with Crippen LogP contribution in [0.25, 0.3) is 0 Å². The van der Waals surface area contributed by atoms with Crippen LogP contribution in [0.15, 0.2) is 24.8 Å². The normalized spacial score (nSPS) is 14.2. The third-order valence-corrected chi connectivity index (χ3v) is 0.717. The zero-order valence-corrected chi connectivity index (χ0v) is 5.17. The van der Waals surface area contributed by atoms with E-state index >= 15 is 0 Å². The molecular formula is C7H12O. The van der Waals surface area contributed by atoms with Gasteiger partial charge in [-0.25, -0.2) is 0 Å². The van der Waals surface area contributed by atoms with Crippen molar-refractivity contribution in [3.63, 3.8) is 0 Å². The minimum atomic E-state index is -0.324. The van der Waals surface area contributed by atoms with E-state index in [2.05, 4.69) is 6.58 Å². The van der Waals surface area contributed by atoms with Crippen molar-refractivity contribution >= 4 is 0 Å². The number of allylic oxidation sites excluding steroid dienone is 2. The van der Waals surface area contributed by atoms with Crippen molar-refractivity contribution in [2.75, 3.05) is 0 Å². The lowest BCUT2D eigenvalue weighted by Crippen LogP contribution is -1.90. The van der Waals surface area contributed by atoms with E-state index in [0.29, 0.717) is 0 Å². The monoisotopic (exact) mass is 112 g/mol. The molecule has 0 fully saturated rings. The fourth-order valence-corrected chi connectivity index (χ4v) is 0.372. The summed E-state index contributed by atoms with van der Waals surface area (Å²) < 4.78 is 0. The zero-order valence-electron chi connectivity index (χ0n) is 5.17. The molecule has 0 aliphatic rings. The Morgan fingerprint density at radius 2 is 2.38 bits per heavy atom. The maximum atomic E-state index is 8.66. The minimum Gasteiger partial charge on any atom is -0.389 e. The topological polar surface area (TPSA) is 20.2 Å². The lowest BCUT2D eigenvalue weighted by Gasteiger charge is -1.89. The first kappa shape index (κ1) is 7.44. The van der Waals surface area contributed by atoms with E-state index in [1.54, 1.807) is 19.1 Å². The molecule has 0 unspecified atom stereocenters. The van der Waals surface area contributed by atoms with Gasteiger partial charge < -0.3 is 5.11 Å². The van der Waals surface area contributed by atoms with Gasteiger partial charge in [-0.15, -0.1) is 6.58 Å². The number of aliphatic hydroxyl groups is 1. The molecule has 0 aromatic carbocycles. The predicted octanol–water partition coefficient (Wildman–Crippen LogP) is 1.50. The summed E-state index contributed by atoms with van der Waals surface area (Å²) in [6, 6.07) is 0. The fraction of sp³-hybridized carbons (Fsp3) is 0.429. The van der Waals surface area contributed by atoms with Crippen LogP contribution in [-0.4, -0.2) is 11.2 Å². The van der Waals surface area contributed by atoms with Crippen LogP contribution in [-0.2, 0) is 0 Å². The Labute approximate surface area is 50.3 Å². The molecule has 0 rings (SSSR count). The standard InChI is InChI=1S/C7H12O/c1-3-4-5-6-7(2)8/h3,5-8H,1,4H2,2H3/b6-5+/t7-/m1/s1. The predicted molar refractivity (Wildman–Crippen MR) is 35.6 cm³/mol. The highest BCUT2D eigenvalue weighted by Gasteiger charge is 1.80. The quantitative estimate of drug-likeness (QED) is 0.548. The van der Waals surface area contributed by atoms with Crippen LogP contribution in [0.1, 0.15) is 13.3 Å². The summed E-state index contributed by atoms with van der Waals surface area (Å²) in [5, 5.41) is 8.66. The van der Waals surface area contributed by atoms with Gasteiger partial charge in [0.2, 0.25) is 0 Å². The Morgan fingerprint density at radius 1 is 1.75 bits per heavy atom. The van der Waals surface area contributed by atoms with Crippen LogP contribution in [0.4, 0.5) is 0 Å². The van der Waals surface area contributed by atoms with Crippen molar-refractivity contribution in [3.05, 3.63) is 24.8 Å². The van der Waals surface area contributed by atoms with Gasteiger partial charge in [0.15, 0.2) is 0 Å². The Hall–Kier alpha value is -0.560. The summed E-state index contributed by atoms with van der Waals surface area (Å²) in [5.74, 6) is 0. The first-order valence-corrected chi connectivity index (χ1v) is 2.73. The van der Waals surface area contributed by atoms with Gasteiger partial charge in [0.25, 0.3) is 0 Å². The number of hydrogen-bond acceptors (Lipinski definition) is 1. The van der Waals surface area contributed by atoms with Gasteiger partial charge >= 0.3 is 0 Å². The molecular weight excluding hydrogens is 100 g/mol. The van der Waals surface area contributed by atoms with Crippen LogP contribution >= 0.6 is 0 Å². The van der Waals surface area contributed by atoms with Gasteiger partial charge in [0.1, 0.15) is 0 Å². The van der Waals surface area contributed by atoms with E-state index in [0.717, 1.165) is 6.42 Å². The van der Waals surface area contributed by atoms with E-state index in [1.165, 1.54) is 0 Å². The van der Waals surface area contributed by atoms with E-state index in [1.807, 2.05) is 6.08 Å². The molecule has 0 aromatic rings. The highest BCUT2D eigenvalue weighted by atomic mass is 16.3. The summed E-state index contributed by atoms with van der Waals surface area (Å²) in [6.45, 7) is 5.25. The van der Waals surface area contributed by atoms with Crippen molar-refractivity contribution in [1.82, 2.24) is 0 Å². The Morgan fingerprint density at radius 3 is 2.75 bits per heavy atom. The molecule has 1 atom stereocenters. The summed E-state index contributed by atoms with van der Waals surface area (Å²) in [5.41, 5.74) is 0. The molecule has 0 radical (unpaired) electrons. The van der Waals surface area contributed by atoms with Gasteiger partial charge in [0, 0.05) is 0 Å². The summed E-state index contributed by atoms with van der Waals surface area (Å²) >= 11 is 0. The maximum Gasteiger partial charge on any atom is 0.0692 e. The molecule has 1 nitrogen and oxygen atoms in total.